The van der Waals surface area contributed by atoms with Crippen LogP contribution in [-0.4, -0.2) is 26.2 Å². The fourth-order valence-corrected chi connectivity index (χ4v) is 1.47. The van der Waals surface area contributed by atoms with Crippen molar-refractivity contribution in [3.05, 3.63) is 18.3 Å². The molecule has 4 nitrogen and oxygen atoms in total. The number of nitrogens with zero attached hydrogens (tertiary/aromatic N) is 1. The average Bonchev–Trinajstić information content (AvgIpc) is 2.04. The predicted molar refractivity (Wildman–Crippen MR) is 51.5 cm³/mol. The van der Waals surface area contributed by atoms with Crippen LogP contribution in [-0.2, 0) is 9.84 Å². The minimum Gasteiger partial charge on any atom is -0.384 e. The van der Waals surface area contributed by atoms with Crippen molar-refractivity contribution in [3.63, 3.8) is 0 Å². The Morgan fingerprint density at radius 3 is 2.54 bits per heavy atom. The molecule has 0 unspecified atom stereocenters. The van der Waals surface area contributed by atoms with E-state index in [9.17, 15) is 8.42 Å². The summed E-state index contributed by atoms with van der Waals surface area (Å²) in [6.45, 7) is 2.75. The molecule has 0 radical (unpaired) electrons. The fraction of sp³-hybridized carbons (Fsp3) is 0.375. The van der Waals surface area contributed by atoms with Crippen molar-refractivity contribution in [3.8, 4) is 0 Å². The number of rotatable bonds is 3. The zero-order valence-electron chi connectivity index (χ0n) is 7.61. The van der Waals surface area contributed by atoms with Crippen molar-refractivity contribution in [1.29, 1.82) is 0 Å². The van der Waals surface area contributed by atoms with E-state index >= 15 is 0 Å². The molecule has 13 heavy (non-hydrogen) atoms. The molecule has 1 aromatic heterocycles. The first-order chi connectivity index (χ1) is 6.04. The molecular formula is C8H12N2O2S. The van der Waals surface area contributed by atoms with Crippen molar-refractivity contribution in [1.82, 2.24) is 4.98 Å². The van der Waals surface area contributed by atoms with Crippen LogP contribution in [0.3, 0.4) is 0 Å². The zero-order chi connectivity index (χ0) is 9.90. The Labute approximate surface area is 77.9 Å². The number of hydrogen-bond acceptors (Lipinski definition) is 4. The topological polar surface area (TPSA) is 59.1 Å². The van der Waals surface area contributed by atoms with E-state index in [1.165, 1.54) is 12.3 Å². The zero-order valence-corrected chi connectivity index (χ0v) is 8.43. The molecule has 0 aromatic carbocycles. The summed E-state index contributed by atoms with van der Waals surface area (Å²) in [4.78, 5) is 3.82. The van der Waals surface area contributed by atoms with Gasteiger partial charge in [-0.25, -0.2) is 13.4 Å². The van der Waals surface area contributed by atoms with Gasteiger partial charge in [0, 0.05) is 12.8 Å². The molecule has 0 saturated carbocycles. The first-order valence-electron chi connectivity index (χ1n) is 3.94. The van der Waals surface area contributed by atoms with Gasteiger partial charge in [-0.1, -0.05) is 0 Å². The summed E-state index contributed by atoms with van der Waals surface area (Å²) in [7, 11) is -3.17. The largest absolute Gasteiger partial charge is 0.384 e. The molecule has 1 N–H and O–H groups in total. The van der Waals surface area contributed by atoms with Gasteiger partial charge in [-0.3, -0.25) is 0 Å². The van der Waals surface area contributed by atoms with Gasteiger partial charge in [0.2, 0.25) is 0 Å². The van der Waals surface area contributed by atoms with E-state index in [2.05, 4.69) is 10.3 Å². The maximum Gasteiger partial charge on any atom is 0.192 e. The lowest BCUT2D eigenvalue weighted by Gasteiger charge is -2.02. The van der Waals surface area contributed by atoms with Crippen LogP contribution in [0.4, 0.5) is 5.69 Å². The van der Waals surface area contributed by atoms with Gasteiger partial charge in [0.15, 0.2) is 14.9 Å². The molecule has 1 rings (SSSR count). The maximum atomic E-state index is 11.0. The van der Waals surface area contributed by atoms with Gasteiger partial charge < -0.3 is 5.32 Å². The van der Waals surface area contributed by atoms with Gasteiger partial charge in [-0.05, 0) is 19.1 Å². The molecule has 1 heterocycles. The maximum absolute atomic E-state index is 11.0. The molecule has 0 aliphatic carbocycles. The summed E-state index contributed by atoms with van der Waals surface area (Å²) in [5, 5.41) is 3.13. The summed E-state index contributed by atoms with van der Waals surface area (Å²) in [6.07, 6.45) is 2.65. The van der Waals surface area contributed by atoms with Gasteiger partial charge in [0.25, 0.3) is 0 Å². The standard InChI is InChI=1S/C8H12N2O2S/c1-3-9-7-4-5-8(10-6-7)13(2,11)12/h4-6,9H,3H2,1-2H3. The second kappa shape index (κ2) is 3.74. The second-order valence-corrected chi connectivity index (χ2v) is 4.65. The summed E-state index contributed by atoms with van der Waals surface area (Å²) in [5.74, 6) is 0. The van der Waals surface area contributed by atoms with Gasteiger partial charge in [-0.2, -0.15) is 0 Å². The van der Waals surface area contributed by atoms with Gasteiger partial charge in [0.1, 0.15) is 0 Å². The summed E-state index contributed by atoms with van der Waals surface area (Å²) in [6, 6.07) is 3.19. The molecule has 0 aliphatic heterocycles. The van der Waals surface area contributed by atoms with E-state index in [-0.39, 0.29) is 5.03 Å². The fourth-order valence-electron chi connectivity index (χ4n) is 0.908. The van der Waals surface area contributed by atoms with Crippen molar-refractivity contribution in [2.75, 3.05) is 18.1 Å². The van der Waals surface area contributed by atoms with E-state index in [1.807, 2.05) is 6.92 Å². The number of anilines is 1. The third kappa shape index (κ3) is 2.69. The second-order valence-electron chi connectivity index (χ2n) is 2.69. The normalized spacial score (nSPS) is 11.2. The van der Waals surface area contributed by atoms with E-state index in [1.54, 1.807) is 6.07 Å². The molecule has 0 fully saturated rings. The Morgan fingerprint density at radius 2 is 2.15 bits per heavy atom. The van der Waals surface area contributed by atoms with Crippen LogP contribution < -0.4 is 5.32 Å². The molecule has 0 atom stereocenters. The summed E-state index contributed by atoms with van der Waals surface area (Å²) >= 11 is 0. The monoisotopic (exact) mass is 200 g/mol. The Bertz CT molecular complexity index is 370. The van der Waals surface area contributed by atoms with Crippen LogP contribution in [0.1, 0.15) is 6.92 Å². The highest BCUT2D eigenvalue weighted by molar-refractivity contribution is 7.90. The smallest absolute Gasteiger partial charge is 0.192 e. The van der Waals surface area contributed by atoms with Crippen LogP contribution in [0.5, 0.6) is 0 Å². The average molecular weight is 200 g/mol. The van der Waals surface area contributed by atoms with Crippen molar-refractivity contribution < 1.29 is 8.42 Å². The molecule has 0 amide bonds. The third-order valence-electron chi connectivity index (χ3n) is 1.50. The molecule has 0 spiro atoms. The molecule has 1 aromatic rings. The van der Waals surface area contributed by atoms with Crippen LogP contribution in [0, 0.1) is 0 Å². The van der Waals surface area contributed by atoms with Gasteiger partial charge in [-0.15, -0.1) is 0 Å². The van der Waals surface area contributed by atoms with Crippen molar-refractivity contribution in [2.45, 2.75) is 11.9 Å². The third-order valence-corrected chi connectivity index (χ3v) is 2.50. The minimum absolute atomic E-state index is 0.106. The van der Waals surface area contributed by atoms with Gasteiger partial charge >= 0.3 is 0 Å². The number of hydrogen-bond donors (Lipinski definition) is 1. The van der Waals surface area contributed by atoms with E-state index in [0.717, 1.165) is 18.5 Å². The Kier molecular flexibility index (Phi) is 2.87. The lowest BCUT2D eigenvalue weighted by Crippen LogP contribution is -2.02. The molecule has 5 heteroatoms. The predicted octanol–water partition coefficient (Wildman–Crippen LogP) is 0.917. The quantitative estimate of drug-likeness (QED) is 0.788. The van der Waals surface area contributed by atoms with Crippen LogP contribution in [0.25, 0.3) is 0 Å². The van der Waals surface area contributed by atoms with Crippen molar-refractivity contribution in [2.24, 2.45) is 0 Å². The highest BCUT2D eigenvalue weighted by Gasteiger charge is 2.07. The first-order valence-corrected chi connectivity index (χ1v) is 5.83. The Balaban J connectivity index is 2.94. The summed E-state index contributed by atoms with van der Waals surface area (Å²) in [5.41, 5.74) is 0.829. The van der Waals surface area contributed by atoms with E-state index in [4.69, 9.17) is 0 Å². The Morgan fingerprint density at radius 1 is 1.46 bits per heavy atom. The molecule has 0 saturated heterocycles. The minimum atomic E-state index is -3.17. The SMILES string of the molecule is CCNc1ccc(S(C)(=O)=O)nc1. The van der Waals surface area contributed by atoms with Crippen molar-refractivity contribution >= 4 is 15.5 Å². The molecule has 0 aliphatic rings. The lowest BCUT2D eigenvalue weighted by molar-refractivity contribution is 0.598. The highest BCUT2D eigenvalue weighted by atomic mass is 32.2. The van der Waals surface area contributed by atoms with Gasteiger partial charge in [0.05, 0.1) is 11.9 Å². The summed E-state index contributed by atoms with van der Waals surface area (Å²) < 4.78 is 22.0. The number of sulfone groups is 1. The number of nitrogens with one attached hydrogen (secondary N) is 1. The van der Waals surface area contributed by atoms with Crippen LogP contribution in [0.2, 0.25) is 0 Å². The molecule has 0 bridgehead atoms. The Hall–Kier alpha value is -1.10. The highest BCUT2D eigenvalue weighted by Crippen LogP contribution is 2.09. The number of pyridine rings is 1. The van der Waals surface area contributed by atoms with E-state index < -0.39 is 9.84 Å². The molecule has 72 valence electrons. The first kappa shape index (κ1) is 9.98. The molecular weight excluding hydrogens is 188 g/mol. The number of aromatic nitrogens is 1. The van der Waals surface area contributed by atoms with Crippen LogP contribution >= 0.6 is 0 Å². The lowest BCUT2D eigenvalue weighted by atomic mass is 10.4. The van der Waals surface area contributed by atoms with E-state index in [0.29, 0.717) is 0 Å². The van der Waals surface area contributed by atoms with Crippen LogP contribution in [0.15, 0.2) is 23.4 Å².